The van der Waals surface area contributed by atoms with E-state index in [0.717, 1.165) is 12.1 Å². The molecule has 1 aliphatic heterocycles. The molecule has 7 nitrogen and oxygen atoms in total. The zero-order valence-electron chi connectivity index (χ0n) is 16.9. The number of halogens is 3. The van der Waals surface area contributed by atoms with Crippen molar-refractivity contribution in [2.24, 2.45) is 0 Å². The predicted molar refractivity (Wildman–Crippen MR) is 112 cm³/mol. The highest BCUT2D eigenvalue weighted by atomic mass is 35.5. The van der Waals surface area contributed by atoms with Crippen molar-refractivity contribution in [3.8, 4) is 5.75 Å². The van der Waals surface area contributed by atoms with E-state index in [9.17, 15) is 18.8 Å². The molecule has 168 valence electrons. The van der Waals surface area contributed by atoms with Crippen LogP contribution >= 0.6 is 23.2 Å². The van der Waals surface area contributed by atoms with E-state index in [1.165, 1.54) is 7.11 Å². The summed E-state index contributed by atoms with van der Waals surface area (Å²) in [4.78, 5) is 39.4. The van der Waals surface area contributed by atoms with E-state index in [1.54, 1.807) is 0 Å². The number of esters is 1. The van der Waals surface area contributed by atoms with Crippen molar-refractivity contribution in [3.63, 3.8) is 0 Å². The second-order valence-corrected chi connectivity index (χ2v) is 7.84. The molecule has 0 radical (unpaired) electrons. The van der Waals surface area contributed by atoms with Gasteiger partial charge < -0.3 is 14.2 Å². The molecule has 1 aliphatic carbocycles. The van der Waals surface area contributed by atoms with E-state index >= 15 is 0 Å². The lowest BCUT2D eigenvalue weighted by Gasteiger charge is -2.26. The van der Waals surface area contributed by atoms with Gasteiger partial charge in [0.15, 0.2) is 0 Å². The molecule has 2 aliphatic rings. The maximum Gasteiger partial charge on any atom is 0.334 e. The van der Waals surface area contributed by atoms with Gasteiger partial charge in [0.05, 0.1) is 31.0 Å². The fourth-order valence-electron chi connectivity index (χ4n) is 3.59. The van der Waals surface area contributed by atoms with Crippen LogP contribution in [0.1, 0.15) is 32.1 Å². The van der Waals surface area contributed by atoms with Crippen LogP contribution in [0.4, 0.5) is 10.1 Å². The highest BCUT2D eigenvalue weighted by Gasteiger charge is 2.34. The Morgan fingerprint density at radius 2 is 1.94 bits per heavy atom. The van der Waals surface area contributed by atoms with E-state index < -0.39 is 29.5 Å². The van der Waals surface area contributed by atoms with Crippen LogP contribution < -0.4 is 9.64 Å². The van der Waals surface area contributed by atoms with Gasteiger partial charge in [-0.15, -0.1) is 11.6 Å². The number of ether oxygens (including phenoxy) is 3. The molecule has 0 N–H and O–H groups in total. The number of nitrogens with zero attached hydrogens (tertiary/aromatic N) is 1. The fourth-order valence-corrected chi connectivity index (χ4v) is 3.94. The second-order valence-electron chi connectivity index (χ2n) is 7.16. The Morgan fingerprint density at radius 3 is 2.55 bits per heavy atom. The number of hydrogen-bond acceptors (Lipinski definition) is 6. The Bertz CT molecular complexity index is 913. The van der Waals surface area contributed by atoms with Crippen LogP contribution in [0, 0.1) is 5.82 Å². The first-order chi connectivity index (χ1) is 14.9. The maximum atomic E-state index is 14.7. The molecule has 0 bridgehead atoms. The monoisotopic (exact) mass is 473 g/mol. The summed E-state index contributed by atoms with van der Waals surface area (Å²) >= 11 is 11.6. The molecule has 1 fully saturated rings. The van der Waals surface area contributed by atoms with Crippen LogP contribution in [-0.4, -0.2) is 50.1 Å². The number of imide groups is 1. The number of amides is 2. The quantitative estimate of drug-likeness (QED) is 0.461. The minimum absolute atomic E-state index is 0.0191. The van der Waals surface area contributed by atoms with Crippen molar-refractivity contribution in [2.75, 3.05) is 31.1 Å². The number of anilines is 1. The summed E-state index contributed by atoms with van der Waals surface area (Å²) in [6.07, 6.45) is 2.10. The summed E-state index contributed by atoms with van der Waals surface area (Å²) in [6, 6.07) is 2.10. The first-order valence-electron chi connectivity index (χ1n) is 9.84. The molecule has 1 heterocycles. The Kier molecular flexibility index (Phi) is 7.91. The third kappa shape index (κ3) is 5.19. The summed E-state index contributed by atoms with van der Waals surface area (Å²) in [6.45, 7) is 0.799. The third-order valence-corrected chi connectivity index (χ3v) is 5.69. The highest BCUT2D eigenvalue weighted by Crippen LogP contribution is 2.35. The fraction of sp³-hybridized carbons (Fsp3) is 0.476. The number of methoxy groups -OCH3 is 1. The average Bonchev–Trinajstić information content (AvgIpc) is 3.28. The zero-order valence-corrected chi connectivity index (χ0v) is 18.4. The van der Waals surface area contributed by atoms with Gasteiger partial charge in [-0.2, -0.15) is 0 Å². The van der Waals surface area contributed by atoms with Crippen LogP contribution in [-0.2, 0) is 23.9 Å². The van der Waals surface area contributed by atoms with Gasteiger partial charge in [-0.3, -0.25) is 9.59 Å². The summed E-state index contributed by atoms with van der Waals surface area (Å²) in [5.74, 6) is -3.67. The molecular weight excluding hydrogens is 452 g/mol. The number of hydrogen-bond donors (Lipinski definition) is 0. The van der Waals surface area contributed by atoms with Crippen LogP contribution in [0.2, 0.25) is 5.02 Å². The lowest BCUT2D eigenvalue weighted by Crippen LogP contribution is -2.40. The van der Waals surface area contributed by atoms with Crippen molar-refractivity contribution < 1.29 is 33.0 Å². The minimum atomic E-state index is -0.902. The topological polar surface area (TPSA) is 82.1 Å². The third-order valence-electron chi connectivity index (χ3n) is 5.16. The molecule has 1 aromatic rings. The van der Waals surface area contributed by atoms with Crippen LogP contribution in [0.15, 0.2) is 23.3 Å². The molecule has 1 unspecified atom stereocenters. The van der Waals surface area contributed by atoms with Crippen LogP contribution in [0.3, 0.4) is 0 Å². The Morgan fingerprint density at radius 1 is 1.23 bits per heavy atom. The SMILES string of the molecule is COc1cc(N(C(=O)CCl)C(=O)C2=C(C(=O)OC3CCOC3)CCCC2)c(F)cc1Cl. The number of benzene rings is 1. The van der Waals surface area contributed by atoms with E-state index in [-0.39, 0.29) is 40.1 Å². The van der Waals surface area contributed by atoms with Gasteiger partial charge in [-0.05, 0) is 31.7 Å². The molecule has 31 heavy (non-hydrogen) atoms. The molecule has 1 atom stereocenters. The summed E-state index contributed by atoms with van der Waals surface area (Å²) in [5, 5.41) is -0.0191. The van der Waals surface area contributed by atoms with Gasteiger partial charge in [-0.1, -0.05) is 11.6 Å². The van der Waals surface area contributed by atoms with Crippen molar-refractivity contribution in [2.45, 2.75) is 38.2 Å². The highest BCUT2D eigenvalue weighted by molar-refractivity contribution is 6.35. The average molecular weight is 474 g/mol. The number of alkyl halides is 1. The van der Waals surface area contributed by atoms with Crippen LogP contribution in [0.5, 0.6) is 5.75 Å². The molecule has 0 saturated carbocycles. The lowest BCUT2D eigenvalue weighted by molar-refractivity contribution is -0.145. The molecular formula is C21H22Cl2FNO6. The van der Waals surface area contributed by atoms with Gasteiger partial charge in [-0.25, -0.2) is 14.1 Å². The molecule has 1 aromatic carbocycles. The number of carbonyl (C=O) groups is 3. The van der Waals surface area contributed by atoms with E-state index in [0.29, 0.717) is 43.8 Å². The second kappa shape index (κ2) is 10.4. The number of rotatable bonds is 6. The largest absolute Gasteiger partial charge is 0.495 e. The normalized spacial score (nSPS) is 18.6. The summed E-state index contributed by atoms with van der Waals surface area (Å²) in [7, 11) is 1.32. The van der Waals surface area contributed by atoms with E-state index in [1.807, 2.05) is 0 Å². The van der Waals surface area contributed by atoms with Gasteiger partial charge in [0.25, 0.3) is 5.91 Å². The number of carbonyl (C=O) groups excluding carboxylic acids is 3. The Labute approximate surface area is 189 Å². The predicted octanol–water partition coefficient (Wildman–Crippen LogP) is 3.79. The summed E-state index contributed by atoms with van der Waals surface area (Å²) in [5.41, 5.74) is -0.0503. The Balaban J connectivity index is 2.00. The smallest absolute Gasteiger partial charge is 0.334 e. The molecule has 10 heteroatoms. The molecule has 1 saturated heterocycles. The van der Waals surface area contributed by atoms with Gasteiger partial charge >= 0.3 is 5.97 Å². The molecule has 0 spiro atoms. The summed E-state index contributed by atoms with van der Waals surface area (Å²) < 4.78 is 30.5. The first kappa shape index (κ1) is 23.5. The van der Waals surface area contributed by atoms with Gasteiger partial charge in [0.1, 0.15) is 23.6 Å². The standard InChI is InChI=1S/C21H22Cl2FNO6/c1-29-18-9-17(16(24)8-15(18)23)25(19(26)10-22)20(27)13-4-2-3-5-14(13)21(28)31-12-6-7-30-11-12/h8-9,12H,2-7,10-11H2,1H3. The van der Waals surface area contributed by atoms with E-state index in [4.69, 9.17) is 37.4 Å². The van der Waals surface area contributed by atoms with Gasteiger partial charge in [0, 0.05) is 23.6 Å². The van der Waals surface area contributed by atoms with Crippen molar-refractivity contribution >= 4 is 46.7 Å². The zero-order chi connectivity index (χ0) is 22.5. The van der Waals surface area contributed by atoms with Crippen LogP contribution in [0.25, 0.3) is 0 Å². The molecule has 2 amide bonds. The lowest BCUT2D eigenvalue weighted by atomic mass is 9.90. The maximum absolute atomic E-state index is 14.7. The van der Waals surface area contributed by atoms with Crippen molar-refractivity contribution in [1.82, 2.24) is 0 Å². The Hall–Kier alpha value is -2.16. The first-order valence-corrected chi connectivity index (χ1v) is 10.8. The van der Waals surface area contributed by atoms with Crippen molar-refractivity contribution in [3.05, 3.63) is 34.1 Å². The molecule has 0 aromatic heterocycles. The van der Waals surface area contributed by atoms with Crippen molar-refractivity contribution in [1.29, 1.82) is 0 Å². The molecule has 3 rings (SSSR count). The van der Waals surface area contributed by atoms with E-state index in [2.05, 4.69) is 0 Å². The minimum Gasteiger partial charge on any atom is -0.495 e. The van der Waals surface area contributed by atoms with Gasteiger partial charge in [0.2, 0.25) is 5.91 Å².